The van der Waals surface area contributed by atoms with E-state index in [2.05, 4.69) is 10.3 Å². The zero-order valence-corrected chi connectivity index (χ0v) is 17.6. The van der Waals surface area contributed by atoms with E-state index < -0.39 is 0 Å². The van der Waals surface area contributed by atoms with Crippen LogP contribution >= 0.6 is 0 Å². The average Bonchev–Trinajstić information content (AvgIpc) is 2.77. The third-order valence-electron chi connectivity index (χ3n) is 5.43. The van der Waals surface area contributed by atoms with Crippen LogP contribution in [0.2, 0.25) is 0 Å². The van der Waals surface area contributed by atoms with Crippen molar-refractivity contribution in [2.75, 3.05) is 23.9 Å². The molecular weight excluding hydrogens is 396 g/mol. The molecule has 0 saturated carbocycles. The summed E-state index contributed by atoms with van der Waals surface area (Å²) in [4.78, 5) is 44.0. The molecule has 1 fully saturated rings. The number of fused-ring (bicyclic) bond motifs is 1. The molecule has 1 aliphatic rings. The Balaban J connectivity index is 1.58. The minimum Gasteiger partial charge on any atom is -0.495 e. The molecule has 0 aliphatic carbocycles. The zero-order valence-electron chi connectivity index (χ0n) is 17.6. The molecule has 1 aromatic heterocycles. The second-order valence-corrected chi connectivity index (χ2v) is 7.50. The van der Waals surface area contributed by atoms with Crippen LogP contribution in [-0.2, 0) is 16.1 Å². The van der Waals surface area contributed by atoms with Crippen LogP contribution in [0.3, 0.4) is 0 Å². The van der Waals surface area contributed by atoms with Gasteiger partial charge < -0.3 is 15.0 Å². The largest absolute Gasteiger partial charge is 0.495 e. The van der Waals surface area contributed by atoms with Crippen LogP contribution in [0.25, 0.3) is 10.9 Å². The van der Waals surface area contributed by atoms with Gasteiger partial charge in [0.15, 0.2) is 0 Å². The molecule has 8 heteroatoms. The summed E-state index contributed by atoms with van der Waals surface area (Å²) in [7, 11) is 1.55. The first-order chi connectivity index (χ1) is 15.0. The van der Waals surface area contributed by atoms with Gasteiger partial charge in [-0.15, -0.1) is 0 Å². The molecule has 2 aromatic carbocycles. The van der Waals surface area contributed by atoms with E-state index in [1.165, 1.54) is 4.57 Å². The van der Waals surface area contributed by atoms with Crippen LogP contribution in [0.5, 0.6) is 5.75 Å². The van der Waals surface area contributed by atoms with E-state index in [0.717, 1.165) is 12.8 Å². The van der Waals surface area contributed by atoms with E-state index in [9.17, 15) is 14.4 Å². The quantitative estimate of drug-likeness (QED) is 0.685. The number of benzene rings is 2. The lowest BCUT2D eigenvalue weighted by Crippen LogP contribution is -2.35. The number of nitrogens with zero attached hydrogens (tertiary/aromatic N) is 3. The third-order valence-corrected chi connectivity index (χ3v) is 5.43. The highest BCUT2D eigenvalue weighted by atomic mass is 16.5. The molecule has 0 spiro atoms. The molecule has 0 atom stereocenters. The van der Waals surface area contributed by atoms with Gasteiger partial charge in [-0.3, -0.25) is 19.0 Å². The van der Waals surface area contributed by atoms with Gasteiger partial charge in [0.25, 0.3) is 5.56 Å². The summed E-state index contributed by atoms with van der Waals surface area (Å²) >= 11 is 0. The van der Waals surface area contributed by atoms with Crippen molar-refractivity contribution in [1.82, 2.24) is 9.55 Å². The van der Waals surface area contributed by atoms with Crippen LogP contribution in [-0.4, -0.2) is 35.0 Å². The predicted octanol–water partition coefficient (Wildman–Crippen LogP) is 2.87. The molecule has 1 N–H and O–H groups in total. The van der Waals surface area contributed by atoms with Crippen molar-refractivity contribution in [3.63, 3.8) is 0 Å². The van der Waals surface area contributed by atoms with Gasteiger partial charge in [-0.2, -0.15) is 0 Å². The highest BCUT2D eigenvalue weighted by molar-refractivity contribution is 5.97. The highest BCUT2D eigenvalue weighted by Gasteiger charge is 2.23. The van der Waals surface area contributed by atoms with Crippen molar-refractivity contribution in [2.45, 2.75) is 32.7 Å². The number of methoxy groups -OCH3 is 1. The number of amides is 2. The molecule has 0 unspecified atom stereocenters. The molecule has 31 heavy (non-hydrogen) atoms. The number of para-hydroxylation sites is 1. The number of hydrogen-bond acceptors (Lipinski definition) is 5. The number of carbonyl (C=O) groups is 2. The maximum atomic E-state index is 12.8. The van der Waals surface area contributed by atoms with Gasteiger partial charge in [0.2, 0.25) is 11.8 Å². The van der Waals surface area contributed by atoms with Gasteiger partial charge in [-0.05, 0) is 50.1 Å². The van der Waals surface area contributed by atoms with Crippen LogP contribution < -0.4 is 20.5 Å². The summed E-state index contributed by atoms with van der Waals surface area (Å²) in [5.41, 5.74) is 1.50. The van der Waals surface area contributed by atoms with Crippen molar-refractivity contribution in [3.8, 4) is 5.75 Å². The van der Waals surface area contributed by atoms with Gasteiger partial charge in [0.1, 0.15) is 18.1 Å². The Bertz CT molecular complexity index is 1220. The van der Waals surface area contributed by atoms with Crippen LogP contribution in [0.4, 0.5) is 11.4 Å². The number of piperidine rings is 1. The molecule has 1 saturated heterocycles. The lowest BCUT2D eigenvalue weighted by molar-refractivity contribution is -0.119. The number of ether oxygens (including phenoxy) is 1. The Morgan fingerprint density at radius 3 is 2.74 bits per heavy atom. The first-order valence-electron chi connectivity index (χ1n) is 10.2. The van der Waals surface area contributed by atoms with E-state index in [4.69, 9.17) is 4.74 Å². The Labute approximate surface area is 179 Å². The van der Waals surface area contributed by atoms with Crippen LogP contribution in [0, 0.1) is 6.92 Å². The maximum absolute atomic E-state index is 12.8. The third kappa shape index (κ3) is 4.14. The molecule has 3 aromatic rings. The first kappa shape index (κ1) is 20.6. The van der Waals surface area contributed by atoms with Crippen LogP contribution in [0.1, 0.15) is 25.1 Å². The summed E-state index contributed by atoms with van der Waals surface area (Å²) in [6, 6.07) is 12.2. The summed E-state index contributed by atoms with van der Waals surface area (Å²) in [5, 5.41) is 3.29. The van der Waals surface area contributed by atoms with Gasteiger partial charge in [-0.1, -0.05) is 12.1 Å². The lowest BCUT2D eigenvalue weighted by Gasteiger charge is -2.28. The number of aryl methyl sites for hydroxylation is 1. The fourth-order valence-electron chi connectivity index (χ4n) is 3.85. The van der Waals surface area contributed by atoms with E-state index >= 15 is 0 Å². The fourth-order valence-corrected chi connectivity index (χ4v) is 3.85. The smallest absolute Gasteiger partial charge is 0.261 e. The summed E-state index contributed by atoms with van der Waals surface area (Å²) in [5.74, 6) is 0.716. The second kappa shape index (κ2) is 8.59. The van der Waals surface area contributed by atoms with Crippen molar-refractivity contribution in [3.05, 3.63) is 58.6 Å². The lowest BCUT2D eigenvalue weighted by atomic mass is 10.1. The zero-order chi connectivity index (χ0) is 22.0. The van der Waals surface area contributed by atoms with Gasteiger partial charge in [0.05, 0.1) is 23.7 Å². The number of nitrogens with one attached hydrogen (secondary N) is 1. The minimum atomic E-state index is -0.358. The molecular formula is C23H24N4O4. The SMILES string of the molecule is COc1ccc(NC(=O)Cn2c(C)nc3ccccc3c2=O)cc1N1CCCCC1=O. The van der Waals surface area contributed by atoms with Gasteiger partial charge in [-0.25, -0.2) is 4.98 Å². The number of anilines is 2. The normalized spacial score (nSPS) is 14.0. The topological polar surface area (TPSA) is 93.5 Å². The van der Waals surface area contributed by atoms with Gasteiger partial charge >= 0.3 is 0 Å². The van der Waals surface area contributed by atoms with E-state index in [1.54, 1.807) is 55.3 Å². The average molecular weight is 420 g/mol. The van der Waals surface area contributed by atoms with Crippen molar-refractivity contribution in [2.24, 2.45) is 0 Å². The van der Waals surface area contributed by atoms with Crippen molar-refractivity contribution in [1.29, 1.82) is 0 Å². The highest BCUT2D eigenvalue weighted by Crippen LogP contribution is 2.33. The molecule has 1 aliphatic heterocycles. The Morgan fingerprint density at radius 1 is 1.16 bits per heavy atom. The van der Waals surface area contributed by atoms with Gasteiger partial charge in [0, 0.05) is 18.7 Å². The first-order valence-corrected chi connectivity index (χ1v) is 10.2. The van der Waals surface area contributed by atoms with E-state index in [0.29, 0.717) is 46.8 Å². The summed E-state index contributed by atoms with van der Waals surface area (Å²) < 4.78 is 6.77. The summed E-state index contributed by atoms with van der Waals surface area (Å²) in [6.45, 7) is 2.16. The fraction of sp³-hybridized carbons (Fsp3) is 0.304. The number of rotatable bonds is 5. The number of hydrogen-bond donors (Lipinski definition) is 1. The predicted molar refractivity (Wildman–Crippen MR) is 119 cm³/mol. The molecule has 160 valence electrons. The van der Waals surface area contributed by atoms with Crippen molar-refractivity contribution < 1.29 is 14.3 Å². The monoisotopic (exact) mass is 420 g/mol. The second-order valence-electron chi connectivity index (χ2n) is 7.50. The van der Waals surface area contributed by atoms with Crippen molar-refractivity contribution >= 4 is 34.1 Å². The molecule has 8 nitrogen and oxygen atoms in total. The Morgan fingerprint density at radius 2 is 1.97 bits per heavy atom. The molecule has 2 amide bonds. The molecule has 2 heterocycles. The molecule has 0 bridgehead atoms. The Hall–Kier alpha value is -3.68. The summed E-state index contributed by atoms with van der Waals surface area (Å²) in [6.07, 6.45) is 2.29. The number of aromatic nitrogens is 2. The molecule has 4 rings (SSSR count). The van der Waals surface area contributed by atoms with Crippen LogP contribution in [0.15, 0.2) is 47.3 Å². The van der Waals surface area contributed by atoms with E-state index in [-0.39, 0.29) is 23.9 Å². The Kier molecular flexibility index (Phi) is 5.70. The maximum Gasteiger partial charge on any atom is 0.261 e. The standard InChI is InChI=1S/C23H24N4O4/c1-15-24-18-8-4-3-7-17(18)23(30)27(15)14-21(28)25-16-10-11-20(31-2)19(13-16)26-12-6-5-9-22(26)29/h3-4,7-8,10-11,13H,5-6,9,12,14H2,1-2H3,(H,25,28). The number of carbonyl (C=O) groups excluding carboxylic acids is 2. The molecule has 0 radical (unpaired) electrons. The minimum absolute atomic E-state index is 0.0393. The van der Waals surface area contributed by atoms with E-state index in [1.807, 2.05) is 6.07 Å².